The fourth-order valence-corrected chi connectivity index (χ4v) is 5.28. The van der Waals surface area contributed by atoms with E-state index in [4.69, 9.17) is 5.73 Å². The quantitative estimate of drug-likeness (QED) is 0.889. The second-order valence-electron chi connectivity index (χ2n) is 5.91. The van der Waals surface area contributed by atoms with Gasteiger partial charge in [-0.15, -0.1) is 0 Å². The molecule has 23 heavy (non-hydrogen) atoms. The maximum Gasteiger partial charge on any atom is 0.325 e. The Morgan fingerprint density at radius 3 is 2.17 bits per heavy atom. The van der Waals surface area contributed by atoms with Crippen LogP contribution in [0.2, 0.25) is 0 Å². The van der Waals surface area contributed by atoms with Crippen LogP contribution in [0.1, 0.15) is 17.0 Å². The van der Waals surface area contributed by atoms with Crippen molar-refractivity contribution in [1.29, 1.82) is 0 Å². The molecule has 6 heteroatoms. The summed E-state index contributed by atoms with van der Waals surface area (Å²) in [5.41, 5.74) is 5.73. The third kappa shape index (κ3) is 2.34. The molecule has 0 aromatic heterocycles. The molecule has 0 spiro atoms. The molecule has 1 aliphatic rings. The van der Waals surface area contributed by atoms with Crippen molar-refractivity contribution in [2.24, 2.45) is 5.73 Å². The van der Waals surface area contributed by atoms with Crippen LogP contribution in [-0.2, 0) is 14.6 Å². The molecular weight excluding hydrogens is 314 g/mol. The molecule has 0 radical (unpaired) electrons. The van der Waals surface area contributed by atoms with Crippen molar-refractivity contribution in [1.82, 2.24) is 0 Å². The molecule has 5 nitrogen and oxygen atoms in total. The van der Waals surface area contributed by atoms with Crippen molar-refractivity contribution in [3.8, 4) is 0 Å². The Balaban J connectivity index is 2.07. The van der Waals surface area contributed by atoms with Crippen molar-refractivity contribution in [3.05, 3.63) is 65.7 Å². The predicted octanol–water partition coefficient (Wildman–Crippen LogP) is 1.72. The summed E-state index contributed by atoms with van der Waals surface area (Å²) in [7, 11) is -3.84. The van der Waals surface area contributed by atoms with Crippen LogP contribution >= 0.6 is 0 Å². The minimum atomic E-state index is -3.84. The second-order valence-corrected chi connectivity index (χ2v) is 7.97. The van der Waals surface area contributed by atoms with E-state index in [0.717, 1.165) is 5.56 Å². The number of rotatable bonds is 4. The Morgan fingerprint density at radius 2 is 1.65 bits per heavy atom. The van der Waals surface area contributed by atoms with Crippen LogP contribution in [0.4, 0.5) is 0 Å². The number of aliphatic carboxylic acids is 1. The zero-order valence-electron chi connectivity index (χ0n) is 12.5. The lowest BCUT2D eigenvalue weighted by molar-refractivity contribution is -0.139. The molecule has 0 unspecified atom stereocenters. The zero-order valence-corrected chi connectivity index (χ0v) is 13.3. The Kier molecular flexibility index (Phi) is 3.54. The Bertz CT molecular complexity index is 846. The highest BCUT2D eigenvalue weighted by atomic mass is 32.2. The van der Waals surface area contributed by atoms with Gasteiger partial charge in [0.05, 0.1) is 4.90 Å². The molecule has 1 aliphatic carbocycles. The number of benzene rings is 2. The van der Waals surface area contributed by atoms with Crippen LogP contribution in [-0.4, -0.2) is 30.3 Å². The molecule has 0 heterocycles. The van der Waals surface area contributed by atoms with E-state index in [0.29, 0.717) is 5.56 Å². The molecule has 3 atom stereocenters. The Hall–Kier alpha value is -2.18. The van der Waals surface area contributed by atoms with Gasteiger partial charge in [0.25, 0.3) is 0 Å². The predicted molar refractivity (Wildman–Crippen MR) is 85.9 cm³/mol. The van der Waals surface area contributed by atoms with Gasteiger partial charge in [0.2, 0.25) is 0 Å². The van der Waals surface area contributed by atoms with Crippen molar-refractivity contribution < 1.29 is 18.3 Å². The topological polar surface area (TPSA) is 97.5 Å². The molecule has 0 saturated heterocycles. The van der Waals surface area contributed by atoms with E-state index in [9.17, 15) is 18.3 Å². The molecule has 0 bridgehead atoms. The zero-order chi connectivity index (χ0) is 16.8. The van der Waals surface area contributed by atoms with Gasteiger partial charge >= 0.3 is 5.97 Å². The Morgan fingerprint density at radius 1 is 1.09 bits per heavy atom. The number of carbonyl (C=O) groups is 1. The number of carboxylic acid groups (broad SMARTS) is 1. The smallest absolute Gasteiger partial charge is 0.325 e. The number of sulfone groups is 1. The molecule has 1 saturated carbocycles. The Labute approximate surface area is 134 Å². The van der Waals surface area contributed by atoms with Gasteiger partial charge in [0, 0.05) is 5.92 Å². The van der Waals surface area contributed by atoms with E-state index in [-0.39, 0.29) is 4.90 Å². The molecule has 3 N–H and O–H groups in total. The minimum Gasteiger partial charge on any atom is -0.480 e. The highest BCUT2D eigenvalue weighted by Crippen LogP contribution is 2.55. The number of carboxylic acids is 1. The molecular formula is C17H17NO4S. The first-order chi connectivity index (χ1) is 10.8. The van der Waals surface area contributed by atoms with E-state index < -0.39 is 32.5 Å². The lowest BCUT2D eigenvalue weighted by Crippen LogP contribution is -2.39. The summed E-state index contributed by atoms with van der Waals surface area (Å²) < 4.78 is 25.7. The molecule has 0 amide bonds. The summed E-state index contributed by atoms with van der Waals surface area (Å²) in [6.07, 6.45) is 0. The standard InChI is InChI=1S/C17H17NO4S/c1-11-7-9-13(10-8-11)23(21,22)15-14(17(15,18)16(19)20)12-5-3-2-4-6-12/h2-10,14-15H,18H2,1H3,(H,19,20)/t14-,15+,17+/m0/s1. The van der Waals surface area contributed by atoms with Crippen LogP contribution < -0.4 is 5.73 Å². The largest absolute Gasteiger partial charge is 0.480 e. The highest BCUT2D eigenvalue weighted by molar-refractivity contribution is 7.92. The van der Waals surface area contributed by atoms with Gasteiger partial charge in [-0.25, -0.2) is 8.42 Å². The second kappa shape index (κ2) is 5.18. The van der Waals surface area contributed by atoms with Gasteiger partial charge in [-0.1, -0.05) is 48.0 Å². The first kappa shape index (κ1) is 15.7. The molecule has 1 fully saturated rings. The molecule has 3 rings (SSSR count). The van der Waals surface area contributed by atoms with Gasteiger partial charge in [-0.05, 0) is 24.6 Å². The number of nitrogens with two attached hydrogens (primary N) is 1. The van der Waals surface area contributed by atoms with E-state index in [2.05, 4.69) is 0 Å². The fourth-order valence-electron chi connectivity index (χ4n) is 3.05. The lowest BCUT2D eigenvalue weighted by atomic mass is 10.1. The molecule has 120 valence electrons. The number of hydrogen-bond acceptors (Lipinski definition) is 4. The van der Waals surface area contributed by atoms with E-state index >= 15 is 0 Å². The normalized spacial score (nSPS) is 26.7. The van der Waals surface area contributed by atoms with Crippen LogP contribution in [0.5, 0.6) is 0 Å². The summed E-state index contributed by atoms with van der Waals surface area (Å²) in [6.45, 7) is 1.85. The highest BCUT2D eigenvalue weighted by Gasteiger charge is 2.74. The van der Waals surface area contributed by atoms with Crippen molar-refractivity contribution in [2.45, 2.75) is 28.5 Å². The summed E-state index contributed by atoms with van der Waals surface area (Å²) >= 11 is 0. The summed E-state index contributed by atoms with van der Waals surface area (Å²) in [5, 5.41) is 8.31. The average Bonchev–Trinajstić information content (AvgIpc) is 3.17. The van der Waals surface area contributed by atoms with Crippen LogP contribution in [0.15, 0.2) is 59.5 Å². The summed E-state index contributed by atoms with van der Waals surface area (Å²) in [4.78, 5) is 11.7. The van der Waals surface area contributed by atoms with E-state index in [1.807, 2.05) is 6.92 Å². The molecule has 2 aromatic rings. The van der Waals surface area contributed by atoms with E-state index in [1.54, 1.807) is 42.5 Å². The maximum absolute atomic E-state index is 12.9. The van der Waals surface area contributed by atoms with E-state index in [1.165, 1.54) is 12.1 Å². The van der Waals surface area contributed by atoms with Gasteiger partial charge in [-0.3, -0.25) is 4.79 Å². The lowest BCUT2D eigenvalue weighted by Gasteiger charge is -2.07. The summed E-state index contributed by atoms with van der Waals surface area (Å²) in [5.74, 6) is -2.06. The number of hydrogen-bond donors (Lipinski definition) is 2. The van der Waals surface area contributed by atoms with Crippen LogP contribution in [0.3, 0.4) is 0 Å². The third-order valence-corrected chi connectivity index (χ3v) is 6.65. The van der Waals surface area contributed by atoms with Crippen molar-refractivity contribution in [3.63, 3.8) is 0 Å². The van der Waals surface area contributed by atoms with Gasteiger partial charge in [0.15, 0.2) is 9.84 Å². The van der Waals surface area contributed by atoms with Crippen LogP contribution in [0.25, 0.3) is 0 Å². The molecule has 0 aliphatic heterocycles. The molecule has 2 aromatic carbocycles. The first-order valence-corrected chi connectivity index (χ1v) is 8.72. The van der Waals surface area contributed by atoms with Crippen molar-refractivity contribution >= 4 is 15.8 Å². The maximum atomic E-state index is 12.9. The number of aryl methyl sites for hydroxylation is 1. The SMILES string of the molecule is Cc1ccc(S(=O)(=O)[C@@H]2[C@H](c3ccccc3)[C@]2(N)C(=O)O)cc1. The van der Waals surface area contributed by atoms with Crippen molar-refractivity contribution in [2.75, 3.05) is 0 Å². The summed E-state index contributed by atoms with van der Waals surface area (Å²) in [6, 6.07) is 15.0. The third-order valence-electron chi connectivity index (χ3n) is 4.39. The first-order valence-electron chi connectivity index (χ1n) is 7.17. The average molecular weight is 331 g/mol. The van der Waals surface area contributed by atoms with Crippen LogP contribution in [0, 0.1) is 6.92 Å². The fraction of sp³-hybridized carbons (Fsp3) is 0.235. The van der Waals surface area contributed by atoms with Gasteiger partial charge in [-0.2, -0.15) is 0 Å². The van der Waals surface area contributed by atoms with Gasteiger partial charge < -0.3 is 10.8 Å². The monoisotopic (exact) mass is 331 g/mol. The minimum absolute atomic E-state index is 0.0996. The van der Waals surface area contributed by atoms with Gasteiger partial charge in [0.1, 0.15) is 10.8 Å².